The summed E-state index contributed by atoms with van der Waals surface area (Å²) in [5, 5.41) is 3.28. The standard InChI is InChI=1S/C26H38N2O2Si/c1-20-11-7-10-14-24(20)25(29)27-17-23(30-31(5,6)26(2,3)4)19-28-16-15-21-12-8-9-13-22(21)18-28/h7-14,23H,15-19H2,1-6H3,(H,27,29). The third kappa shape index (κ3) is 6.06. The van der Waals surface area contributed by atoms with Gasteiger partial charge in [-0.15, -0.1) is 0 Å². The monoisotopic (exact) mass is 438 g/mol. The van der Waals surface area contributed by atoms with Crippen LogP contribution >= 0.6 is 0 Å². The van der Waals surface area contributed by atoms with E-state index in [2.05, 4.69) is 68.3 Å². The van der Waals surface area contributed by atoms with Gasteiger partial charge in [-0.1, -0.05) is 63.2 Å². The van der Waals surface area contributed by atoms with Gasteiger partial charge in [-0.05, 0) is 54.2 Å². The number of carbonyl (C=O) groups is 1. The Morgan fingerprint density at radius 1 is 1.10 bits per heavy atom. The molecule has 1 heterocycles. The van der Waals surface area contributed by atoms with Crippen LogP contribution in [0, 0.1) is 6.92 Å². The predicted molar refractivity (Wildman–Crippen MR) is 131 cm³/mol. The molecule has 1 aliphatic heterocycles. The minimum atomic E-state index is -1.96. The van der Waals surface area contributed by atoms with Crippen molar-refractivity contribution in [2.75, 3.05) is 19.6 Å². The number of carbonyl (C=O) groups excluding carboxylic acids is 1. The molecule has 0 spiro atoms. The fraction of sp³-hybridized carbons (Fsp3) is 0.500. The SMILES string of the molecule is Cc1ccccc1C(=O)NCC(CN1CCc2ccccc2C1)O[Si](C)(C)C(C)(C)C. The molecule has 1 atom stereocenters. The zero-order chi connectivity index (χ0) is 22.6. The van der Waals surface area contributed by atoms with Crippen LogP contribution in [0.5, 0.6) is 0 Å². The van der Waals surface area contributed by atoms with Crippen LogP contribution in [0.2, 0.25) is 18.1 Å². The molecule has 0 fully saturated rings. The van der Waals surface area contributed by atoms with Gasteiger partial charge >= 0.3 is 0 Å². The fourth-order valence-corrected chi connectivity index (χ4v) is 5.21. The molecule has 1 unspecified atom stereocenters. The molecule has 5 heteroatoms. The first kappa shape index (κ1) is 23.7. The van der Waals surface area contributed by atoms with Crippen molar-refractivity contribution in [2.24, 2.45) is 0 Å². The second-order valence-corrected chi connectivity index (χ2v) is 15.0. The van der Waals surface area contributed by atoms with Crippen LogP contribution in [0.3, 0.4) is 0 Å². The number of nitrogens with zero attached hydrogens (tertiary/aromatic N) is 1. The molecule has 0 saturated carbocycles. The molecule has 0 saturated heterocycles. The lowest BCUT2D eigenvalue weighted by atomic mass is 10.00. The Morgan fingerprint density at radius 3 is 2.42 bits per heavy atom. The molecule has 3 rings (SSSR count). The Kier molecular flexibility index (Phi) is 7.40. The number of rotatable bonds is 7. The van der Waals surface area contributed by atoms with Crippen molar-refractivity contribution < 1.29 is 9.22 Å². The summed E-state index contributed by atoms with van der Waals surface area (Å²) in [4.78, 5) is 15.3. The van der Waals surface area contributed by atoms with E-state index >= 15 is 0 Å². The van der Waals surface area contributed by atoms with Gasteiger partial charge in [-0.25, -0.2) is 0 Å². The highest BCUT2D eigenvalue weighted by atomic mass is 28.4. The molecular formula is C26H38N2O2Si. The minimum absolute atomic E-state index is 0.0223. The Labute approximate surface area is 189 Å². The zero-order valence-electron chi connectivity index (χ0n) is 20.0. The fourth-order valence-electron chi connectivity index (χ4n) is 3.86. The number of fused-ring (bicyclic) bond motifs is 1. The Morgan fingerprint density at radius 2 is 1.74 bits per heavy atom. The van der Waals surface area contributed by atoms with Gasteiger partial charge in [0, 0.05) is 31.7 Å². The maximum atomic E-state index is 12.8. The van der Waals surface area contributed by atoms with E-state index in [-0.39, 0.29) is 17.0 Å². The van der Waals surface area contributed by atoms with Gasteiger partial charge < -0.3 is 9.74 Å². The lowest BCUT2D eigenvalue weighted by Crippen LogP contribution is -2.51. The van der Waals surface area contributed by atoms with Gasteiger partial charge in [0.05, 0.1) is 6.10 Å². The molecule has 31 heavy (non-hydrogen) atoms. The van der Waals surface area contributed by atoms with Crippen LogP contribution in [0.15, 0.2) is 48.5 Å². The number of hydrogen-bond acceptors (Lipinski definition) is 3. The smallest absolute Gasteiger partial charge is 0.251 e. The van der Waals surface area contributed by atoms with Gasteiger partial charge in [-0.3, -0.25) is 9.69 Å². The van der Waals surface area contributed by atoms with Gasteiger partial charge in [-0.2, -0.15) is 0 Å². The van der Waals surface area contributed by atoms with E-state index in [1.165, 1.54) is 11.1 Å². The molecule has 0 aliphatic carbocycles. The van der Waals surface area contributed by atoms with Crippen LogP contribution in [-0.4, -0.2) is 44.9 Å². The third-order valence-corrected chi connectivity index (χ3v) is 11.4. The van der Waals surface area contributed by atoms with Crippen LogP contribution in [-0.2, 0) is 17.4 Å². The van der Waals surface area contributed by atoms with E-state index in [1.807, 2.05) is 31.2 Å². The van der Waals surface area contributed by atoms with Crippen molar-refractivity contribution >= 4 is 14.2 Å². The Bertz CT molecular complexity index is 904. The second-order valence-electron chi connectivity index (χ2n) is 10.3. The number of nitrogens with one attached hydrogen (secondary N) is 1. The Balaban J connectivity index is 1.70. The second kappa shape index (κ2) is 9.68. The number of amides is 1. The third-order valence-electron chi connectivity index (χ3n) is 6.82. The quantitative estimate of drug-likeness (QED) is 0.606. The highest BCUT2D eigenvalue weighted by Gasteiger charge is 2.39. The number of benzene rings is 2. The van der Waals surface area contributed by atoms with Gasteiger partial charge in [0.25, 0.3) is 5.91 Å². The molecule has 1 aliphatic rings. The van der Waals surface area contributed by atoms with Crippen molar-refractivity contribution in [3.63, 3.8) is 0 Å². The molecule has 168 valence electrons. The summed E-state index contributed by atoms with van der Waals surface area (Å²) in [5.74, 6) is -0.0223. The first-order valence-corrected chi connectivity index (χ1v) is 14.3. The van der Waals surface area contributed by atoms with Crippen molar-refractivity contribution in [2.45, 2.75) is 64.9 Å². The van der Waals surface area contributed by atoms with Gasteiger partial charge in [0.15, 0.2) is 8.32 Å². The maximum absolute atomic E-state index is 12.8. The maximum Gasteiger partial charge on any atom is 0.251 e. The van der Waals surface area contributed by atoms with Gasteiger partial charge in [0.1, 0.15) is 0 Å². The van der Waals surface area contributed by atoms with Crippen LogP contribution < -0.4 is 5.32 Å². The van der Waals surface area contributed by atoms with E-state index in [0.717, 1.165) is 37.2 Å². The van der Waals surface area contributed by atoms with Crippen molar-refractivity contribution in [3.05, 3.63) is 70.8 Å². The summed E-state index contributed by atoms with van der Waals surface area (Å²) in [7, 11) is -1.96. The first-order chi connectivity index (χ1) is 14.6. The van der Waals surface area contributed by atoms with E-state index in [1.54, 1.807) is 0 Å². The lowest BCUT2D eigenvalue weighted by Gasteiger charge is -2.41. The Hall–Kier alpha value is -1.95. The minimum Gasteiger partial charge on any atom is -0.411 e. The van der Waals surface area contributed by atoms with Crippen LogP contribution in [0.1, 0.15) is 47.8 Å². The summed E-state index contributed by atoms with van der Waals surface area (Å²) in [6.45, 7) is 16.7. The van der Waals surface area contributed by atoms with E-state index in [0.29, 0.717) is 6.54 Å². The average molecular weight is 439 g/mol. The molecule has 0 bridgehead atoms. The van der Waals surface area contributed by atoms with Crippen molar-refractivity contribution in [1.82, 2.24) is 10.2 Å². The highest BCUT2D eigenvalue weighted by Crippen LogP contribution is 2.37. The first-order valence-electron chi connectivity index (χ1n) is 11.4. The molecule has 4 nitrogen and oxygen atoms in total. The van der Waals surface area contributed by atoms with Crippen molar-refractivity contribution in [3.8, 4) is 0 Å². The largest absolute Gasteiger partial charge is 0.411 e. The van der Waals surface area contributed by atoms with Crippen LogP contribution in [0.25, 0.3) is 0 Å². The highest BCUT2D eigenvalue weighted by molar-refractivity contribution is 6.74. The van der Waals surface area contributed by atoms with Crippen LogP contribution in [0.4, 0.5) is 0 Å². The normalized spacial score (nSPS) is 15.9. The topological polar surface area (TPSA) is 41.6 Å². The van der Waals surface area contributed by atoms with E-state index in [4.69, 9.17) is 4.43 Å². The van der Waals surface area contributed by atoms with Gasteiger partial charge in [0.2, 0.25) is 0 Å². The molecule has 2 aromatic carbocycles. The van der Waals surface area contributed by atoms with E-state index < -0.39 is 8.32 Å². The summed E-state index contributed by atoms with van der Waals surface area (Å²) in [5.41, 5.74) is 4.59. The number of hydrogen-bond donors (Lipinski definition) is 1. The summed E-state index contributed by atoms with van der Waals surface area (Å²) in [6, 6.07) is 16.4. The van der Waals surface area contributed by atoms with Crippen molar-refractivity contribution in [1.29, 1.82) is 0 Å². The molecule has 0 aromatic heterocycles. The predicted octanol–water partition coefficient (Wildman–Crippen LogP) is 5.17. The lowest BCUT2D eigenvalue weighted by molar-refractivity contribution is 0.0864. The summed E-state index contributed by atoms with van der Waals surface area (Å²) >= 11 is 0. The molecule has 0 radical (unpaired) electrons. The molecule has 1 N–H and O–H groups in total. The van der Waals surface area contributed by atoms with E-state index in [9.17, 15) is 4.79 Å². The number of aryl methyl sites for hydroxylation is 1. The summed E-state index contributed by atoms with van der Waals surface area (Å²) < 4.78 is 6.79. The molecule has 1 amide bonds. The zero-order valence-corrected chi connectivity index (χ0v) is 21.0. The average Bonchev–Trinajstić information content (AvgIpc) is 2.71. The molecule has 2 aromatic rings. The molecular weight excluding hydrogens is 400 g/mol. The summed E-state index contributed by atoms with van der Waals surface area (Å²) in [6.07, 6.45) is 1.04.